The van der Waals surface area contributed by atoms with E-state index in [0.717, 1.165) is 32.4 Å². The van der Waals surface area contributed by atoms with Gasteiger partial charge in [-0.3, -0.25) is 14.5 Å². The van der Waals surface area contributed by atoms with Crippen LogP contribution in [0.15, 0.2) is 22.8 Å². The summed E-state index contributed by atoms with van der Waals surface area (Å²) in [5.74, 6) is 0.443. The molecule has 2 aliphatic carbocycles. The smallest absolute Gasteiger partial charge is 0.310 e. The summed E-state index contributed by atoms with van der Waals surface area (Å²) in [5.41, 5.74) is 0.0347. The number of esters is 1. The summed E-state index contributed by atoms with van der Waals surface area (Å²) < 4.78 is 17.7. The molecule has 6 atom stereocenters. The second-order valence-electron chi connectivity index (χ2n) is 10.8. The number of epoxide rings is 1. The topological polar surface area (TPSA) is 75.5 Å². The molecule has 0 N–H and O–H groups in total. The third-order valence-electron chi connectivity index (χ3n) is 9.16. The van der Waals surface area contributed by atoms with Gasteiger partial charge in [0.05, 0.1) is 17.8 Å². The molecule has 4 heterocycles. The lowest BCUT2D eigenvalue weighted by Gasteiger charge is -2.48. The molecule has 1 amide bonds. The van der Waals surface area contributed by atoms with Gasteiger partial charge in [-0.2, -0.15) is 0 Å². The third-order valence-corrected chi connectivity index (χ3v) is 9.16. The van der Waals surface area contributed by atoms with E-state index in [2.05, 4.69) is 18.7 Å². The fourth-order valence-corrected chi connectivity index (χ4v) is 7.34. The zero-order valence-electron chi connectivity index (χ0n) is 18.5. The first-order chi connectivity index (χ1) is 14.8. The molecular weight excluding hydrogens is 396 g/mol. The van der Waals surface area contributed by atoms with Crippen molar-refractivity contribution in [2.24, 2.45) is 17.3 Å². The van der Waals surface area contributed by atoms with Crippen molar-refractivity contribution in [2.45, 2.75) is 63.3 Å². The number of hydrogen-bond acceptors (Lipinski definition) is 6. The van der Waals surface area contributed by atoms with Crippen molar-refractivity contribution in [1.82, 2.24) is 9.80 Å². The molecule has 6 rings (SSSR count). The predicted octanol–water partition coefficient (Wildman–Crippen LogP) is 2.71. The summed E-state index contributed by atoms with van der Waals surface area (Å²) in [6.07, 6.45) is 6.93. The van der Waals surface area contributed by atoms with Crippen molar-refractivity contribution in [3.63, 3.8) is 0 Å². The molecule has 2 saturated carbocycles. The quantitative estimate of drug-likeness (QED) is 0.544. The lowest BCUT2D eigenvalue weighted by Crippen LogP contribution is -2.54. The van der Waals surface area contributed by atoms with Gasteiger partial charge in [-0.15, -0.1) is 0 Å². The summed E-state index contributed by atoms with van der Waals surface area (Å²) in [4.78, 5) is 29.5. The molecule has 31 heavy (non-hydrogen) atoms. The van der Waals surface area contributed by atoms with E-state index in [-0.39, 0.29) is 46.4 Å². The maximum absolute atomic E-state index is 12.9. The first-order valence-electron chi connectivity index (χ1n) is 11.8. The Hall–Kier alpha value is -1.86. The molecule has 168 valence electrons. The highest BCUT2D eigenvalue weighted by Gasteiger charge is 2.79. The van der Waals surface area contributed by atoms with Gasteiger partial charge in [0.25, 0.3) is 5.91 Å². The van der Waals surface area contributed by atoms with E-state index in [4.69, 9.17) is 13.9 Å². The summed E-state index contributed by atoms with van der Waals surface area (Å²) in [6.45, 7) is 8.18. The zero-order chi connectivity index (χ0) is 21.4. The minimum absolute atomic E-state index is 0.0149. The Kier molecular flexibility index (Phi) is 4.20. The lowest BCUT2D eigenvalue weighted by molar-refractivity contribution is -0.146. The van der Waals surface area contributed by atoms with Crippen LogP contribution in [-0.4, -0.2) is 71.7 Å². The normalized spacial score (nSPS) is 44.3. The summed E-state index contributed by atoms with van der Waals surface area (Å²) in [6, 6.07) is 3.44. The fourth-order valence-electron chi connectivity index (χ4n) is 7.34. The number of piperazine rings is 1. The van der Waals surface area contributed by atoms with Crippen molar-refractivity contribution in [3.8, 4) is 0 Å². The van der Waals surface area contributed by atoms with Crippen LogP contribution in [0.4, 0.5) is 0 Å². The standard InChI is InChI=1S/C24H32N2O5/c1-22-6-4-7-23(2)24(22,31-23)13-16-17(21(28)30-19(16)14-22)15-25-8-10-26(11-9-25)20(27)18-5-3-12-29-18/h3,5,12,16-17,19H,4,6-11,13-15H2,1-2H3. The number of rotatable bonds is 3. The summed E-state index contributed by atoms with van der Waals surface area (Å²) >= 11 is 0. The van der Waals surface area contributed by atoms with E-state index < -0.39 is 0 Å². The Bertz CT molecular complexity index is 894. The Labute approximate surface area is 183 Å². The Morgan fingerprint density at radius 2 is 1.97 bits per heavy atom. The molecule has 0 aromatic carbocycles. The Morgan fingerprint density at radius 3 is 2.71 bits per heavy atom. The number of carbonyl (C=O) groups is 2. The molecule has 1 aromatic rings. The second kappa shape index (κ2) is 6.58. The van der Waals surface area contributed by atoms with E-state index in [9.17, 15) is 9.59 Å². The van der Waals surface area contributed by atoms with E-state index in [1.54, 1.807) is 12.1 Å². The molecule has 5 aliphatic rings. The minimum Gasteiger partial charge on any atom is -0.462 e. The number of hydrogen-bond donors (Lipinski definition) is 0. The fraction of sp³-hybridized carbons (Fsp3) is 0.750. The number of fused-ring (bicyclic) bond motifs is 1. The first kappa shape index (κ1) is 19.8. The summed E-state index contributed by atoms with van der Waals surface area (Å²) in [7, 11) is 0. The number of furan rings is 1. The molecule has 1 spiro atoms. The second-order valence-corrected chi connectivity index (χ2v) is 10.8. The highest BCUT2D eigenvalue weighted by Crippen LogP contribution is 2.72. The van der Waals surface area contributed by atoms with Gasteiger partial charge in [0, 0.05) is 44.1 Å². The van der Waals surface area contributed by atoms with E-state index in [1.165, 1.54) is 19.1 Å². The molecule has 7 heteroatoms. The van der Waals surface area contributed by atoms with Crippen LogP contribution >= 0.6 is 0 Å². The van der Waals surface area contributed by atoms with Crippen molar-refractivity contribution in [2.75, 3.05) is 32.7 Å². The van der Waals surface area contributed by atoms with Crippen LogP contribution in [0.25, 0.3) is 0 Å². The lowest BCUT2D eigenvalue weighted by atomic mass is 9.53. The van der Waals surface area contributed by atoms with Crippen LogP contribution in [0.2, 0.25) is 0 Å². The average molecular weight is 429 g/mol. The van der Waals surface area contributed by atoms with Crippen LogP contribution in [-0.2, 0) is 14.3 Å². The van der Waals surface area contributed by atoms with Gasteiger partial charge in [0.2, 0.25) is 0 Å². The van der Waals surface area contributed by atoms with Gasteiger partial charge >= 0.3 is 5.97 Å². The number of carbonyl (C=O) groups excluding carboxylic acids is 2. The van der Waals surface area contributed by atoms with Gasteiger partial charge in [-0.1, -0.05) is 6.92 Å². The average Bonchev–Trinajstić information content (AvgIpc) is 3.06. The highest BCUT2D eigenvalue weighted by molar-refractivity contribution is 5.91. The van der Waals surface area contributed by atoms with Crippen molar-refractivity contribution in [3.05, 3.63) is 24.2 Å². The molecule has 1 aromatic heterocycles. The van der Waals surface area contributed by atoms with Crippen LogP contribution in [0.1, 0.15) is 56.5 Å². The molecule has 3 aliphatic heterocycles. The van der Waals surface area contributed by atoms with Crippen molar-refractivity contribution < 1.29 is 23.5 Å². The van der Waals surface area contributed by atoms with Gasteiger partial charge in [-0.25, -0.2) is 0 Å². The molecular formula is C24H32N2O5. The molecule has 6 unspecified atom stereocenters. The van der Waals surface area contributed by atoms with Crippen LogP contribution < -0.4 is 0 Å². The van der Waals surface area contributed by atoms with E-state index >= 15 is 0 Å². The third kappa shape index (κ3) is 2.78. The van der Waals surface area contributed by atoms with Gasteiger partial charge in [0.15, 0.2) is 5.76 Å². The number of ether oxygens (including phenoxy) is 2. The number of amides is 1. The minimum atomic E-state index is -0.0911. The molecule has 0 radical (unpaired) electrons. The highest BCUT2D eigenvalue weighted by atomic mass is 16.6. The van der Waals surface area contributed by atoms with E-state index in [1.807, 2.05) is 4.90 Å². The zero-order valence-corrected chi connectivity index (χ0v) is 18.5. The van der Waals surface area contributed by atoms with Crippen molar-refractivity contribution >= 4 is 11.9 Å². The molecule has 0 bridgehead atoms. The Balaban J connectivity index is 1.12. The van der Waals surface area contributed by atoms with Crippen LogP contribution in [0.5, 0.6) is 0 Å². The predicted molar refractivity (Wildman–Crippen MR) is 111 cm³/mol. The number of nitrogens with zero attached hydrogens (tertiary/aromatic N) is 2. The molecule has 5 fully saturated rings. The Morgan fingerprint density at radius 1 is 1.16 bits per heavy atom. The van der Waals surface area contributed by atoms with Gasteiger partial charge < -0.3 is 18.8 Å². The summed E-state index contributed by atoms with van der Waals surface area (Å²) in [5, 5.41) is 0. The van der Waals surface area contributed by atoms with Crippen LogP contribution in [0.3, 0.4) is 0 Å². The van der Waals surface area contributed by atoms with Gasteiger partial charge in [-0.05, 0) is 51.2 Å². The van der Waals surface area contributed by atoms with Gasteiger partial charge in [0.1, 0.15) is 11.7 Å². The monoisotopic (exact) mass is 428 g/mol. The first-order valence-corrected chi connectivity index (χ1v) is 11.8. The van der Waals surface area contributed by atoms with Crippen molar-refractivity contribution in [1.29, 1.82) is 0 Å². The maximum Gasteiger partial charge on any atom is 0.310 e. The maximum atomic E-state index is 12.9. The molecule has 7 nitrogen and oxygen atoms in total. The largest absolute Gasteiger partial charge is 0.462 e. The SMILES string of the molecule is CC12CCCC3(C)OC13CC1C(C2)OC(=O)C1CN1CCN(C(=O)c2ccco2)CC1. The van der Waals surface area contributed by atoms with Crippen LogP contribution in [0, 0.1) is 17.3 Å². The van der Waals surface area contributed by atoms with E-state index in [0.29, 0.717) is 25.4 Å². The molecule has 3 saturated heterocycles.